The molecular weight excluding hydrogens is 300 g/mol. The zero-order valence-electron chi connectivity index (χ0n) is 13.7. The number of benzene rings is 2. The van der Waals surface area contributed by atoms with E-state index in [0.29, 0.717) is 17.5 Å². The van der Waals surface area contributed by atoms with Crippen molar-refractivity contribution in [1.82, 2.24) is 0 Å². The summed E-state index contributed by atoms with van der Waals surface area (Å²) in [6.07, 6.45) is 0.710. The summed E-state index contributed by atoms with van der Waals surface area (Å²) in [5.74, 6) is -0.00869. The minimum absolute atomic E-state index is 0.0252. The second-order valence-corrected chi connectivity index (χ2v) is 6.33. The second kappa shape index (κ2) is 5.93. The molecule has 1 unspecified atom stereocenters. The van der Waals surface area contributed by atoms with Crippen LogP contribution in [0, 0.1) is 11.3 Å². The fourth-order valence-corrected chi connectivity index (χ4v) is 3.31. The van der Waals surface area contributed by atoms with E-state index in [4.69, 9.17) is 5.26 Å². The number of anilines is 1. The largest absolute Gasteiger partial charge is 0.314 e. The molecule has 0 N–H and O–H groups in total. The van der Waals surface area contributed by atoms with Crippen LogP contribution >= 0.6 is 0 Å². The highest BCUT2D eigenvalue weighted by Crippen LogP contribution is 2.44. The lowest BCUT2D eigenvalue weighted by Gasteiger charge is -2.23. The van der Waals surface area contributed by atoms with E-state index in [-0.39, 0.29) is 18.1 Å². The first kappa shape index (κ1) is 15.9. The van der Waals surface area contributed by atoms with Gasteiger partial charge in [-0.2, -0.15) is 5.26 Å². The molecule has 1 amide bonds. The quantitative estimate of drug-likeness (QED) is 0.811. The Morgan fingerprint density at radius 1 is 1.21 bits per heavy atom. The zero-order chi connectivity index (χ0) is 17.3. The van der Waals surface area contributed by atoms with E-state index in [1.807, 2.05) is 25.1 Å². The highest BCUT2D eigenvalue weighted by atomic mass is 16.2. The van der Waals surface area contributed by atoms with E-state index in [2.05, 4.69) is 6.07 Å². The maximum Gasteiger partial charge on any atom is 0.237 e. The number of carbonyl (C=O) groups is 2. The van der Waals surface area contributed by atoms with Crippen LogP contribution in [0.5, 0.6) is 0 Å². The number of rotatable bonds is 4. The SMILES string of the molecule is CN1C(=O)C(C)(CCC(=O)c2ccccc2)c2cc(C#N)ccc21. The second-order valence-electron chi connectivity index (χ2n) is 6.33. The van der Waals surface area contributed by atoms with Gasteiger partial charge in [0, 0.05) is 24.7 Å². The van der Waals surface area contributed by atoms with Crippen LogP contribution in [0.2, 0.25) is 0 Å². The molecule has 1 atom stereocenters. The van der Waals surface area contributed by atoms with Gasteiger partial charge in [-0.1, -0.05) is 30.3 Å². The maximum absolute atomic E-state index is 12.8. The van der Waals surface area contributed by atoms with Gasteiger partial charge in [-0.05, 0) is 37.1 Å². The molecule has 0 saturated carbocycles. The number of fused-ring (bicyclic) bond motifs is 1. The topological polar surface area (TPSA) is 61.2 Å². The number of hydrogen-bond donors (Lipinski definition) is 0. The molecule has 0 bridgehead atoms. The smallest absolute Gasteiger partial charge is 0.237 e. The average Bonchev–Trinajstić information content (AvgIpc) is 2.82. The van der Waals surface area contributed by atoms with E-state index >= 15 is 0 Å². The number of amides is 1. The Morgan fingerprint density at radius 3 is 2.58 bits per heavy atom. The van der Waals surface area contributed by atoms with E-state index in [1.54, 1.807) is 42.3 Å². The first-order valence-electron chi connectivity index (χ1n) is 7.88. The third-order valence-electron chi connectivity index (χ3n) is 4.81. The van der Waals surface area contributed by atoms with Crippen LogP contribution in [0.15, 0.2) is 48.5 Å². The van der Waals surface area contributed by atoms with E-state index < -0.39 is 5.41 Å². The number of Topliss-reactive ketones (excluding diaryl/α,β-unsaturated/α-hetero) is 1. The number of ketones is 1. The van der Waals surface area contributed by atoms with Gasteiger partial charge < -0.3 is 4.90 Å². The lowest BCUT2D eigenvalue weighted by molar-refractivity contribution is -0.122. The Labute approximate surface area is 141 Å². The molecule has 2 aromatic rings. The monoisotopic (exact) mass is 318 g/mol. The molecule has 4 heteroatoms. The third kappa shape index (κ3) is 2.48. The summed E-state index contributed by atoms with van der Waals surface area (Å²) in [6.45, 7) is 1.86. The first-order chi connectivity index (χ1) is 11.5. The average molecular weight is 318 g/mol. The summed E-state index contributed by atoms with van der Waals surface area (Å²) in [4.78, 5) is 26.8. The molecule has 0 fully saturated rings. The number of likely N-dealkylation sites (N-methyl/N-ethyl adjacent to an activating group) is 1. The molecule has 0 radical (unpaired) electrons. The standard InChI is InChI=1S/C20H18N2O2/c1-20(11-10-18(23)15-6-4-3-5-7-15)16-12-14(13-21)8-9-17(16)22(2)19(20)24/h3-9,12H,10-11H2,1-2H3. The Bertz CT molecular complexity index is 852. The van der Waals surface area contributed by atoms with E-state index in [1.165, 1.54) is 0 Å². The molecule has 0 saturated heterocycles. The normalized spacial score (nSPS) is 19.0. The zero-order valence-corrected chi connectivity index (χ0v) is 13.7. The van der Waals surface area contributed by atoms with Gasteiger partial charge in [0.25, 0.3) is 0 Å². The summed E-state index contributed by atoms with van der Waals surface area (Å²) in [5.41, 5.74) is 2.05. The lowest BCUT2D eigenvalue weighted by Crippen LogP contribution is -2.36. The van der Waals surface area contributed by atoms with Crippen LogP contribution in [-0.4, -0.2) is 18.7 Å². The van der Waals surface area contributed by atoms with Crippen molar-refractivity contribution in [2.24, 2.45) is 0 Å². The summed E-state index contributed by atoms with van der Waals surface area (Å²) >= 11 is 0. The molecule has 120 valence electrons. The molecule has 0 aromatic heterocycles. The number of hydrogen-bond acceptors (Lipinski definition) is 3. The van der Waals surface area contributed by atoms with Crippen molar-refractivity contribution in [3.63, 3.8) is 0 Å². The van der Waals surface area contributed by atoms with Gasteiger partial charge in [-0.3, -0.25) is 9.59 Å². The molecule has 1 aliphatic heterocycles. The molecule has 1 heterocycles. The van der Waals surface area contributed by atoms with Gasteiger partial charge >= 0.3 is 0 Å². The molecular formula is C20H18N2O2. The number of nitriles is 1. The molecule has 0 spiro atoms. The fourth-order valence-electron chi connectivity index (χ4n) is 3.31. The summed E-state index contributed by atoms with van der Waals surface area (Å²) < 4.78 is 0. The molecule has 4 nitrogen and oxygen atoms in total. The third-order valence-corrected chi connectivity index (χ3v) is 4.81. The van der Waals surface area contributed by atoms with Crippen molar-refractivity contribution in [3.05, 3.63) is 65.2 Å². The maximum atomic E-state index is 12.8. The predicted octanol–water partition coefficient (Wildman–Crippen LogP) is 3.46. The van der Waals surface area contributed by atoms with Crippen LogP contribution in [0.1, 0.15) is 41.3 Å². The summed E-state index contributed by atoms with van der Waals surface area (Å²) in [7, 11) is 1.73. The van der Waals surface area contributed by atoms with Gasteiger partial charge in [0.15, 0.2) is 5.78 Å². The van der Waals surface area contributed by atoms with Gasteiger partial charge in [0.2, 0.25) is 5.91 Å². The van der Waals surface area contributed by atoms with Gasteiger partial charge in [-0.25, -0.2) is 0 Å². The predicted molar refractivity (Wildman–Crippen MR) is 91.9 cm³/mol. The van der Waals surface area contributed by atoms with Crippen LogP contribution in [-0.2, 0) is 10.2 Å². The van der Waals surface area contributed by atoms with Crippen molar-refractivity contribution in [2.45, 2.75) is 25.2 Å². The highest BCUT2D eigenvalue weighted by molar-refractivity contribution is 6.08. The number of carbonyl (C=O) groups excluding carboxylic acids is 2. The molecule has 0 aliphatic carbocycles. The van der Waals surface area contributed by atoms with Crippen LogP contribution in [0.25, 0.3) is 0 Å². The highest BCUT2D eigenvalue weighted by Gasteiger charge is 2.45. The lowest BCUT2D eigenvalue weighted by atomic mass is 9.78. The van der Waals surface area contributed by atoms with E-state index in [9.17, 15) is 9.59 Å². The van der Waals surface area contributed by atoms with Gasteiger partial charge in [0.1, 0.15) is 0 Å². The Balaban J connectivity index is 1.89. The van der Waals surface area contributed by atoms with E-state index in [0.717, 1.165) is 11.3 Å². The van der Waals surface area contributed by atoms with Crippen LogP contribution < -0.4 is 4.90 Å². The van der Waals surface area contributed by atoms with Crippen molar-refractivity contribution >= 4 is 17.4 Å². The molecule has 24 heavy (non-hydrogen) atoms. The van der Waals surface area contributed by atoms with Gasteiger partial charge in [0.05, 0.1) is 17.0 Å². The van der Waals surface area contributed by atoms with Crippen LogP contribution in [0.3, 0.4) is 0 Å². The summed E-state index contributed by atoms with van der Waals surface area (Å²) in [6, 6.07) is 16.5. The molecule has 3 rings (SSSR count). The van der Waals surface area contributed by atoms with Crippen molar-refractivity contribution in [3.8, 4) is 6.07 Å². The van der Waals surface area contributed by atoms with Gasteiger partial charge in [-0.15, -0.1) is 0 Å². The number of nitrogens with zero attached hydrogens (tertiary/aromatic N) is 2. The Kier molecular flexibility index (Phi) is 3.94. The van der Waals surface area contributed by atoms with Crippen molar-refractivity contribution in [2.75, 3.05) is 11.9 Å². The van der Waals surface area contributed by atoms with Crippen molar-refractivity contribution in [1.29, 1.82) is 5.26 Å². The molecule has 2 aromatic carbocycles. The van der Waals surface area contributed by atoms with Crippen LogP contribution in [0.4, 0.5) is 5.69 Å². The fraction of sp³-hybridized carbons (Fsp3) is 0.250. The minimum atomic E-state index is -0.776. The first-order valence-corrected chi connectivity index (χ1v) is 7.88. The van der Waals surface area contributed by atoms with Crippen molar-refractivity contribution < 1.29 is 9.59 Å². The molecule has 1 aliphatic rings. The summed E-state index contributed by atoms with van der Waals surface area (Å²) in [5, 5.41) is 9.14. The minimum Gasteiger partial charge on any atom is -0.314 e. The Morgan fingerprint density at radius 2 is 1.92 bits per heavy atom. The Hall–Kier alpha value is -2.93.